The van der Waals surface area contributed by atoms with Gasteiger partial charge in [0, 0.05) is 24.0 Å². The van der Waals surface area contributed by atoms with Crippen molar-refractivity contribution in [1.82, 2.24) is 4.90 Å². The third-order valence-corrected chi connectivity index (χ3v) is 4.19. The smallest absolute Gasteiger partial charge is 0.291 e. The second kappa shape index (κ2) is 7.39. The molecule has 1 N–H and O–H groups in total. The molecule has 0 atom stereocenters. The first kappa shape index (κ1) is 17.7. The van der Waals surface area contributed by atoms with E-state index in [0.717, 1.165) is 0 Å². The number of carbonyl (C=O) groups is 2. The van der Waals surface area contributed by atoms with E-state index < -0.39 is 11.7 Å². The van der Waals surface area contributed by atoms with E-state index in [0.29, 0.717) is 29.7 Å². The number of halogens is 1. The van der Waals surface area contributed by atoms with Crippen molar-refractivity contribution >= 4 is 28.5 Å². The van der Waals surface area contributed by atoms with Crippen LogP contribution >= 0.6 is 0 Å². The van der Waals surface area contributed by atoms with Gasteiger partial charge in [-0.2, -0.15) is 0 Å². The summed E-state index contributed by atoms with van der Waals surface area (Å²) in [5, 5.41) is 3.39. The van der Waals surface area contributed by atoms with Crippen LogP contribution in [0.5, 0.6) is 0 Å². The molecule has 0 radical (unpaired) electrons. The third kappa shape index (κ3) is 3.31. The van der Waals surface area contributed by atoms with Crippen LogP contribution in [-0.2, 0) is 0 Å². The molecule has 0 aliphatic carbocycles. The first-order chi connectivity index (χ1) is 12.5. The Balaban J connectivity index is 2.03. The second-order valence-electron chi connectivity index (χ2n) is 5.74. The van der Waals surface area contributed by atoms with E-state index in [1.165, 1.54) is 24.3 Å². The van der Waals surface area contributed by atoms with E-state index in [4.69, 9.17) is 4.42 Å². The molecular formula is C20H19FN2O3. The molecule has 0 unspecified atom stereocenters. The Bertz CT molecular complexity index is 943. The number of anilines is 1. The minimum absolute atomic E-state index is 0.0883. The summed E-state index contributed by atoms with van der Waals surface area (Å²) in [6, 6.07) is 12.3. The van der Waals surface area contributed by atoms with Crippen molar-refractivity contribution in [2.24, 2.45) is 0 Å². The largest absolute Gasteiger partial charge is 0.449 e. The molecule has 3 rings (SSSR count). The van der Waals surface area contributed by atoms with Gasteiger partial charge < -0.3 is 14.6 Å². The summed E-state index contributed by atoms with van der Waals surface area (Å²) in [6.45, 7) is 4.80. The van der Waals surface area contributed by atoms with Gasteiger partial charge in [0.15, 0.2) is 0 Å². The monoisotopic (exact) mass is 354 g/mol. The highest BCUT2D eigenvalue weighted by Gasteiger charge is 2.25. The number of carbonyl (C=O) groups excluding carboxylic acids is 2. The first-order valence-electron chi connectivity index (χ1n) is 8.42. The quantitative estimate of drug-likeness (QED) is 0.743. The number of nitrogens with one attached hydrogen (secondary N) is 1. The lowest BCUT2D eigenvalue weighted by molar-refractivity contribution is 0.0745. The fourth-order valence-corrected chi connectivity index (χ4v) is 2.76. The highest BCUT2D eigenvalue weighted by atomic mass is 19.1. The molecule has 5 nitrogen and oxygen atoms in total. The van der Waals surface area contributed by atoms with Crippen LogP contribution in [0.25, 0.3) is 11.0 Å². The first-order valence-corrected chi connectivity index (χ1v) is 8.42. The van der Waals surface area contributed by atoms with Gasteiger partial charge in [-0.25, -0.2) is 4.39 Å². The van der Waals surface area contributed by atoms with Gasteiger partial charge in [0.05, 0.1) is 0 Å². The number of rotatable bonds is 5. The van der Waals surface area contributed by atoms with E-state index in [9.17, 15) is 14.0 Å². The fraction of sp³-hybridized carbons (Fsp3) is 0.200. The molecule has 0 aliphatic heterocycles. The van der Waals surface area contributed by atoms with E-state index in [2.05, 4.69) is 5.32 Å². The maximum Gasteiger partial charge on any atom is 0.291 e. The molecule has 3 aromatic rings. The van der Waals surface area contributed by atoms with Gasteiger partial charge in [-0.1, -0.05) is 12.1 Å². The molecular weight excluding hydrogens is 335 g/mol. The summed E-state index contributed by atoms with van der Waals surface area (Å²) in [4.78, 5) is 27.0. The molecule has 1 heterocycles. The fourth-order valence-electron chi connectivity index (χ4n) is 2.76. The number of benzene rings is 2. The maximum absolute atomic E-state index is 13.1. The molecule has 0 spiro atoms. The normalized spacial score (nSPS) is 10.7. The summed E-state index contributed by atoms with van der Waals surface area (Å²) < 4.78 is 18.8. The molecule has 0 saturated heterocycles. The summed E-state index contributed by atoms with van der Waals surface area (Å²) in [7, 11) is 0. The topological polar surface area (TPSA) is 62.6 Å². The Morgan fingerprint density at radius 2 is 1.69 bits per heavy atom. The zero-order valence-corrected chi connectivity index (χ0v) is 14.6. The summed E-state index contributed by atoms with van der Waals surface area (Å²) in [6.07, 6.45) is 0. The standard InChI is InChI=1S/C20H19FN2O3/c1-3-23(4-2)20(25)18-17(15-7-5-6-8-16(15)26-18)22-19(24)13-9-11-14(21)12-10-13/h5-12H,3-4H2,1-2H3,(H,22,24). The van der Waals surface area contributed by atoms with Crippen molar-refractivity contribution in [1.29, 1.82) is 0 Å². The summed E-state index contributed by atoms with van der Waals surface area (Å²) >= 11 is 0. The lowest BCUT2D eigenvalue weighted by Crippen LogP contribution is -2.31. The van der Waals surface area contributed by atoms with E-state index in [1.807, 2.05) is 13.8 Å². The van der Waals surface area contributed by atoms with Crippen LogP contribution in [-0.4, -0.2) is 29.8 Å². The Hall–Kier alpha value is -3.15. The van der Waals surface area contributed by atoms with Crippen LogP contribution in [0, 0.1) is 5.82 Å². The van der Waals surface area contributed by atoms with Crippen molar-refractivity contribution < 1.29 is 18.4 Å². The molecule has 0 bridgehead atoms. The van der Waals surface area contributed by atoms with E-state index in [1.54, 1.807) is 29.2 Å². The molecule has 0 aliphatic rings. The number of para-hydroxylation sites is 1. The number of fused-ring (bicyclic) bond motifs is 1. The average Bonchev–Trinajstić information content (AvgIpc) is 3.02. The SMILES string of the molecule is CCN(CC)C(=O)c1oc2ccccc2c1NC(=O)c1ccc(F)cc1. The molecule has 6 heteroatoms. The van der Waals surface area contributed by atoms with Crippen LogP contribution in [0.4, 0.5) is 10.1 Å². The van der Waals surface area contributed by atoms with Crippen LogP contribution in [0.1, 0.15) is 34.8 Å². The molecule has 134 valence electrons. The van der Waals surface area contributed by atoms with Crippen molar-refractivity contribution in [2.75, 3.05) is 18.4 Å². The highest BCUT2D eigenvalue weighted by molar-refractivity contribution is 6.14. The lowest BCUT2D eigenvalue weighted by Gasteiger charge is -2.17. The number of furan rings is 1. The van der Waals surface area contributed by atoms with Crippen LogP contribution in [0.2, 0.25) is 0 Å². The molecule has 0 fully saturated rings. The van der Waals surface area contributed by atoms with Gasteiger partial charge in [-0.15, -0.1) is 0 Å². The predicted octanol–water partition coefficient (Wildman–Crippen LogP) is 4.31. The average molecular weight is 354 g/mol. The van der Waals surface area contributed by atoms with Crippen LogP contribution in [0.3, 0.4) is 0 Å². The Labute approximate surface area is 150 Å². The minimum atomic E-state index is -0.440. The Morgan fingerprint density at radius 3 is 2.35 bits per heavy atom. The maximum atomic E-state index is 13.1. The Kier molecular flexibility index (Phi) is 5.02. The lowest BCUT2D eigenvalue weighted by atomic mass is 10.1. The number of amides is 2. The Morgan fingerprint density at radius 1 is 1.04 bits per heavy atom. The molecule has 2 aromatic carbocycles. The minimum Gasteiger partial charge on any atom is -0.449 e. The van der Waals surface area contributed by atoms with Gasteiger partial charge in [0.2, 0.25) is 5.76 Å². The number of nitrogens with zero attached hydrogens (tertiary/aromatic N) is 1. The highest BCUT2D eigenvalue weighted by Crippen LogP contribution is 2.32. The van der Waals surface area contributed by atoms with E-state index in [-0.39, 0.29) is 17.2 Å². The predicted molar refractivity (Wildman–Crippen MR) is 97.8 cm³/mol. The molecule has 0 saturated carbocycles. The van der Waals surface area contributed by atoms with Gasteiger partial charge in [0.1, 0.15) is 17.1 Å². The number of hydrogen-bond acceptors (Lipinski definition) is 3. The van der Waals surface area contributed by atoms with Crippen molar-refractivity contribution in [3.63, 3.8) is 0 Å². The van der Waals surface area contributed by atoms with Crippen molar-refractivity contribution in [2.45, 2.75) is 13.8 Å². The van der Waals surface area contributed by atoms with Crippen molar-refractivity contribution in [3.05, 3.63) is 65.7 Å². The molecule has 1 aromatic heterocycles. The van der Waals surface area contributed by atoms with E-state index >= 15 is 0 Å². The van der Waals surface area contributed by atoms with Crippen LogP contribution in [0.15, 0.2) is 52.9 Å². The summed E-state index contributed by atoms with van der Waals surface area (Å²) in [5.74, 6) is -1.07. The van der Waals surface area contributed by atoms with Crippen LogP contribution < -0.4 is 5.32 Å². The van der Waals surface area contributed by atoms with Gasteiger partial charge in [-0.3, -0.25) is 9.59 Å². The van der Waals surface area contributed by atoms with Gasteiger partial charge in [-0.05, 0) is 50.2 Å². The zero-order valence-electron chi connectivity index (χ0n) is 14.6. The molecule has 2 amide bonds. The molecule has 26 heavy (non-hydrogen) atoms. The van der Waals surface area contributed by atoms with Crippen molar-refractivity contribution in [3.8, 4) is 0 Å². The van der Waals surface area contributed by atoms with Gasteiger partial charge in [0.25, 0.3) is 11.8 Å². The second-order valence-corrected chi connectivity index (χ2v) is 5.74. The summed E-state index contributed by atoms with van der Waals surface area (Å²) in [5.41, 5.74) is 1.13. The van der Waals surface area contributed by atoms with Gasteiger partial charge >= 0.3 is 0 Å². The number of hydrogen-bond donors (Lipinski definition) is 1. The third-order valence-electron chi connectivity index (χ3n) is 4.19. The zero-order chi connectivity index (χ0) is 18.7.